The van der Waals surface area contributed by atoms with Gasteiger partial charge in [-0.25, -0.2) is 0 Å². The molecule has 0 radical (unpaired) electrons. The number of hydrogen-bond acceptors (Lipinski definition) is 5. The maximum Gasteiger partial charge on any atom is 0.305 e. The zero-order chi connectivity index (χ0) is 20.4. The van der Waals surface area contributed by atoms with Gasteiger partial charge in [0.15, 0.2) is 0 Å². The largest absolute Gasteiger partial charge is 0.491 e. The predicted octanol–water partition coefficient (Wildman–Crippen LogP) is 3.72. The van der Waals surface area contributed by atoms with Crippen molar-refractivity contribution in [1.29, 1.82) is 0 Å². The van der Waals surface area contributed by atoms with Crippen molar-refractivity contribution in [1.82, 2.24) is 0 Å². The first-order valence-corrected chi connectivity index (χ1v) is 9.80. The zero-order valence-corrected chi connectivity index (χ0v) is 16.6. The number of allylic oxidation sites excluding steroid dienone is 3. The minimum absolute atomic E-state index is 0.0807. The Hall–Kier alpha value is -2.40. The lowest BCUT2D eigenvalue weighted by atomic mass is 9.87. The molecule has 1 saturated carbocycles. The summed E-state index contributed by atoms with van der Waals surface area (Å²) in [5.74, 6) is 1.01. The molecule has 1 aromatic carbocycles. The molecule has 0 saturated heterocycles. The topological polar surface area (TPSA) is 72.8 Å². The fourth-order valence-electron chi connectivity index (χ4n) is 3.50. The molecule has 28 heavy (non-hydrogen) atoms. The highest BCUT2D eigenvalue weighted by atomic mass is 16.5. The van der Waals surface area contributed by atoms with Gasteiger partial charge < -0.3 is 14.6 Å². The van der Waals surface area contributed by atoms with Gasteiger partial charge in [0.25, 0.3) is 0 Å². The van der Waals surface area contributed by atoms with Crippen molar-refractivity contribution in [3.05, 3.63) is 54.6 Å². The molecule has 1 aromatic rings. The summed E-state index contributed by atoms with van der Waals surface area (Å²) >= 11 is 0. The summed E-state index contributed by atoms with van der Waals surface area (Å²) in [6.45, 7) is 2.24. The van der Waals surface area contributed by atoms with Gasteiger partial charge in [0.2, 0.25) is 0 Å². The Morgan fingerprint density at radius 3 is 2.75 bits per heavy atom. The average molecular weight is 386 g/mol. The van der Waals surface area contributed by atoms with Crippen molar-refractivity contribution in [2.75, 3.05) is 13.7 Å². The van der Waals surface area contributed by atoms with Gasteiger partial charge in [0, 0.05) is 18.8 Å². The van der Waals surface area contributed by atoms with Crippen LogP contribution in [-0.4, -0.2) is 36.7 Å². The molecule has 0 bridgehead atoms. The molecule has 152 valence electrons. The lowest BCUT2D eigenvalue weighted by Gasteiger charge is -2.17. The molecule has 4 atom stereocenters. The van der Waals surface area contributed by atoms with Crippen LogP contribution in [0.4, 0.5) is 0 Å². The highest BCUT2D eigenvalue weighted by molar-refractivity contribution is 5.84. The lowest BCUT2D eigenvalue weighted by molar-refractivity contribution is -0.140. The Labute approximate surface area is 167 Å². The Bertz CT molecular complexity index is 679. The number of aliphatic hydroxyl groups excluding tert-OH is 1. The van der Waals surface area contributed by atoms with E-state index >= 15 is 0 Å². The average Bonchev–Trinajstić information content (AvgIpc) is 2.97. The Balaban J connectivity index is 1.84. The smallest absolute Gasteiger partial charge is 0.305 e. The number of methoxy groups -OCH3 is 1. The molecule has 0 aliphatic heterocycles. The van der Waals surface area contributed by atoms with Gasteiger partial charge in [-0.2, -0.15) is 0 Å². The van der Waals surface area contributed by atoms with E-state index in [1.54, 1.807) is 6.08 Å². The summed E-state index contributed by atoms with van der Waals surface area (Å²) in [5, 5.41) is 10.2. The molecule has 5 nitrogen and oxygen atoms in total. The molecule has 2 rings (SSSR count). The van der Waals surface area contributed by atoms with Crippen LogP contribution >= 0.6 is 0 Å². The van der Waals surface area contributed by atoms with Crippen LogP contribution in [0, 0.1) is 17.8 Å². The number of ketones is 1. The van der Waals surface area contributed by atoms with Crippen LogP contribution in [0.3, 0.4) is 0 Å². The van der Waals surface area contributed by atoms with Crippen LogP contribution in [-0.2, 0) is 14.3 Å². The highest BCUT2D eigenvalue weighted by Crippen LogP contribution is 2.37. The third-order valence-electron chi connectivity index (χ3n) is 5.08. The molecule has 0 aromatic heterocycles. The van der Waals surface area contributed by atoms with Crippen LogP contribution in [0.5, 0.6) is 5.75 Å². The van der Waals surface area contributed by atoms with Gasteiger partial charge >= 0.3 is 5.97 Å². The quantitative estimate of drug-likeness (QED) is 0.490. The predicted molar refractivity (Wildman–Crippen MR) is 108 cm³/mol. The van der Waals surface area contributed by atoms with E-state index in [9.17, 15) is 14.7 Å². The molecular weight excluding hydrogens is 356 g/mol. The summed E-state index contributed by atoms with van der Waals surface area (Å²) in [6, 6.07) is 9.36. The summed E-state index contributed by atoms with van der Waals surface area (Å²) in [6.07, 6.45) is 9.04. The maximum absolute atomic E-state index is 12.3. The van der Waals surface area contributed by atoms with E-state index < -0.39 is 6.10 Å². The molecule has 0 amide bonds. The van der Waals surface area contributed by atoms with Crippen molar-refractivity contribution in [3.63, 3.8) is 0 Å². The second kappa shape index (κ2) is 11.4. The van der Waals surface area contributed by atoms with Gasteiger partial charge in [-0.05, 0) is 36.8 Å². The Kier molecular flexibility index (Phi) is 8.95. The van der Waals surface area contributed by atoms with E-state index in [-0.39, 0.29) is 36.1 Å². The molecule has 5 heteroatoms. The molecular formula is C23H30O5. The van der Waals surface area contributed by atoms with Crippen molar-refractivity contribution < 1.29 is 24.2 Å². The van der Waals surface area contributed by atoms with E-state index in [0.29, 0.717) is 31.4 Å². The van der Waals surface area contributed by atoms with Crippen molar-refractivity contribution in [3.8, 4) is 5.75 Å². The number of aliphatic hydroxyl groups is 1. The standard InChI is InChI=1S/C23H30O5/c1-17-15-22(25)21(11-7-4-8-12-23(26)27-2)20(17)14-13-18(24)16-28-19-9-5-3-6-10-19/h3-7,9-10,13-14,17-18,20-21,24H,8,11-12,15-16H2,1-2H3/b7-4-,14-13+/t17-,18-,20+,21?/m1/s1. The zero-order valence-electron chi connectivity index (χ0n) is 16.6. The van der Waals surface area contributed by atoms with Crippen molar-refractivity contribution in [2.24, 2.45) is 17.8 Å². The minimum atomic E-state index is -0.723. The summed E-state index contributed by atoms with van der Waals surface area (Å²) in [7, 11) is 1.38. The lowest BCUT2D eigenvalue weighted by Crippen LogP contribution is -2.18. The van der Waals surface area contributed by atoms with Crippen LogP contribution in [0.25, 0.3) is 0 Å². The highest BCUT2D eigenvalue weighted by Gasteiger charge is 2.37. The second-order valence-electron chi connectivity index (χ2n) is 7.23. The van der Waals surface area contributed by atoms with E-state index in [2.05, 4.69) is 11.7 Å². The first-order chi connectivity index (χ1) is 13.5. The number of para-hydroxylation sites is 1. The summed E-state index contributed by atoms with van der Waals surface area (Å²) in [4.78, 5) is 23.5. The number of Topliss-reactive ketones (excluding diaryl/α,β-unsaturated/α-hetero) is 1. The fraction of sp³-hybridized carbons (Fsp3) is 0.478. The summed E-state index contributed by atoms with van der Waals surface area (Å²) in [5.41, 5.74) is 0. The minimum Gasteiger partial charge on any atom is -0.491 e. The van der Waals surface area contributed by atoms with Gasteiger partial charge in [-0.3, -0.25) is 9.59 Å². The number of esters is 1. The van der Waals surface area contributed by atoms with Crippen LogP contribution in [0.15, 0.2) is 54.6 Å². The SMILES string of the molecule is COC(=O)CC/C=C\CC1C(=O)C[C@@H](C)[C@@H]1/C=C/[C@@H](O)COc1ccccc1. The molecule has 1 fully saturated rings. The maximum atomic E-state index is 12.3. The third-order valence-corrected chi connectivity index (χ3v) is 5.08. The number of carbonyl (C=O) groups excluding carboxylic acids is 2. The molecule has 1 aliphatic carbocycles. The number of hydrogen-bond donors (Lipinski definition) is 1. The normalized spacial score (nSPS) is 23.4. The first kappa shape index (κ1) is 21.9. The fourth-order valence-corrected chi connectivity index (χ4v) is 3.50. The Morgan fingerprint density at radius 1 is 1.29 bits per heavy atom. The van der Waals surface area contributed by atoms with Crippen LogP contribution in [0.1, 0.15) is 32.6 Å². The van der Waals surface area contributed by atoms with Gasteiger partial charge in [-0.1, -0.05) is 49.4 Å². The molecule has 0 heterocycles. The van der Waals surface area contributed by atoms with Crippen LogP contribution in [0.2, 0.25) is 0 Å². The monoisotopic (exact) mass is 386 g/mol. The van der Waals surface area contributed by atoms with E-state index in [1.807, 2.05) is 48.6 Å². The first-order valence-electron chi connectivity index (χ1n) is 9.80. The number of benzene rings is 1. The van der Waals surface area contributed by atoms with Gasteiger partial charge in [0.05, 0.1) is 7.11 Å². The second-order valence-corrected chi connectivity index (χ2v) is 7.23. The number of carbonyl (C=O) groups is 2. The van der Waals surface area contributed by atoms with E-state index in [4.69, 9.17) is 4.74 Å². The number of rotatable bonds is 10. The molecule has 1 unspecified atom stereocenters. The van der Waals surface area contributed by atoms with Crippen molar-refractivity contribution >= 4 is 11.8 Å². The van der Waals surface area contributed by atoms with E-state index in [0.717, 1.165) is 0 Å². The molecule has 1 N–H and O–H groups in total. The van der Waals surface area contributed by atoms with Crippen molar-refractivity contribution in [2.45, 2.75) is 38.7 Å². The van der Waals surface area contributed by atoms with Gasteiger partial charge in [0.1, 0.15) is 24.2 Å². The Morgan fingerprint density at radius 2 is 2.04 bits per heavy atom. The van der Waals surface area contributed by atoms with Gasteiger partial charge in [-0.15, -0.1) is 0 Å². The molecule has 1 aliphatic rings. The van der Waals surface area contributed by atoms with E-state index in [1.165, 1.54) is 7.11 Å². The molecule has 0 spiro atoms. The number of ether oxygens (including phenoxy) is 2. The third kappa shape index (κ3) is 6.97. The van der Waals surface area contributed by atoms with Crippen LogP contribution < -0.4 is 4.74 Å². The summed E-state index contributed by atoms with van der Waals surface area (Å²) < 4.78 is 10.2.